The van der Waals surface area contributed by atoms with Crippen LogP contribution in [0.25, 0.3) is 0 Å². The predicted molar refractivity (Wildman–Crippen MR) is 80.2 cm³/mol. The summed E-state index contributed by atoms with van der Waals surface area (Å²) in [7, 11) is 1.30. The highest BCUT2D eigenvalue weighted by Gasteiger charge is 2.25. The van der Waals surface area contributed by atoms with Crippen molar-refractivity contribution in [2.45, 2.75) is 26.3 Å². The van der Waals surface area contributed by atoms with E-state index in [-0.39, 0.29) is 11.8 Å². The Hall–Kier alpha value is -2.24. The summed E-state index contributed by atoms with van der Waals surface area (Å²) in [6.45, 7) is 4.83. The largest absolute Gasteiger partial charge is 0.490 e. The summed E-state index contributed by atoms with van der Waals surface area (Å²) >= 11 is 0. The highest BCUT2D eigenvalue weighted by atomic mass is 16.5. The maximum atomic E-state index is 12.3. The molecule has 0 unspecified atom stereocenters. The molecule has 0 bridgehead atoms. The summed E-state index contributed by atoms with van der Waals surface area (Å²) in [6.07, 6.45) is 0.800. The molecule has 120 valence electrons. The normalized spacial score (nSPS) is 14.9. The fourth-order valence-electron chi connectivity index (χ4n) is 2.15. The molecule has 6 heteroatoms. The average molecular weight is 307 g/mol. The molecule has 2 rings (SSSR count). The summed E-state index contributed by atoms with van der Waals surface area (Å²) in [4.78, 5) is 24.1. The number of fused-ring (bicyclic) bond motifs is 1. The zero-order valence-corrected chi connectivity index (χ0v) is 13.0. The van der Waals surface area contributed by atoms with Gasteiger partial charge in [-0.3, -0.25) is 4.79 Å². The van der Waals surface area contributed by atoms with Crippen LogP contribution in [0, 0.1) is 5.92 Å². The number of nitrogens with one attached hydrogen (secondary N) is 1. The first-order valence-corrected chi connectivity index (χ1v) is 7.31. The third kappa shape index (κ3) is 3.69. The zero-order valence-electron chi connectivity index (χ0n) is 13.0. The van der Waals surface area contributed by atoms with Crippen LogP contribution in [0.15, 0.2) is 18.2 Å². The second-order valence-corrected chi connectivity index (χ2v) is 5.43. The van der Waals surface area contributed by atoms with Gasteiger partial charge >= 0.3 is 5.97 Å². The van der Waals surface area contributed by atoms with Gasteiger partial charge in [-0.2, -0.15) is 0 Å². The molecule has 1 aromatic rings. The molecule has 1 atom stereocenters. The van der Waals surface area contributed by atoms with Crippen LogP contribution in [-0.4, -0.2) is 38.2 Å². The molecule has 6 nitrogen and oxygen atoms in total. The first kappa shape index (κ1) is 16.1. The number of hydrogen-bond donors (Lipinski definition) is 1. The Morgan fingerprint density at radius 3 is 2.50 bits per heavy atom. The van der Waals surface area contributed by atoms with Crippen LogP contribution in [0.5, 0.6) is 11.5 Å². The Kier molecular flexibility index (Phi) is 5.25. The van der Waals surface area contributed by atoms with E-state index in [1.165, 1.54) is 7.11 Å². The zero-order chi connectivity index (χ0) is 16.1. The van der Waals surface area contributed by atoms with Gasteiger partial charge in [0.2, 0.25) is 0 Å². The second kappa shape index (κ2) is 7.15. The summed E-state index contributed by atoms with van der Waals surface area (Å²) in [6, 6.07) is 4.30. The van der Waals surface area contributed by atoms with Gasteiger partial charge in [-0.25, -0.2) is 4.79 Å². The molecule has 1 aromatic carbocycles. The van der Waals surface area contributed by atoms with Crippen LogP contribution in [0.3, 0.4) is 0 Å². The number of methoxy groups -OCH3 is 1. The summed E-state index contributed by atoms with van der Waals surface area (Å²) < 4.78 is 15.8. The summed E-state index contributed by atoms with van der Waals surface area (Å²) in [5.41, 5.74) is 0.416. The lowest BCUT2D eigenvalue weighted by Crippen LogP contribution is -2.45. The molecule has 0 fully saturated rings. The van der Waals surface area contributed by atoms with Crippen LogP contribution in [0.2, 0.25) is 0 Å². The number of amides is 1. The lowest BCUT2D eigenvalue weighted by atomic mass is 10.0. The van der Waals surface area contributed by atoms with Gasteiger partial charge in [0.1, 0.15) is 6.04 Å². The lowest BCUT2D eigenvalue weighted by molar-refractivity contribution is -0.144. The summed E-state index contributed by atoms with van der Waals surface area (Å²) in [5.74, 6) is 0.293. The van der Waals surface area contributed by atoms with Crippen molar-refractivity contribution in [2.24, 2.45) is 5.92 Å². The number of esters is 1. The monoisotopic (exact) mass is 307 g/mol. The minimum atomic E-state index is -0.687. The predicted octanol–water partition coefficient (Wildman–Crippen LogP) is 1.78. The van der Waals surface area contributed by atoms with Crippen molar-refractivity contribution in [1.82, 2.24) is 5.32 Å². The molecule has 0 aliphatic carbocycles. The van der Waals surface area contributed by atoms with Gasteiger partial charge in [-0.1, -0.05) is 13.8 Å². The Labute approximate surface area is 129 Å². The first-order chi connectivity index (χ1) is 10.5. The number of carbonyl (C=O) groups is 2. The van der Waals surface area contributed by atoms with Gasteiger partial charge in [0, 0.05) is 12.0 Å². The van der Waals surface area contributed by atoms with Gasteiger partial charge in [0.15, 0.2) is 11.5 Å². The molecular weight excluding hydrogens is 286 g/mol. The van der Waals surface area contributed by atoms with E-state index in [1.54, 1.807) is 18.2 Å². The van der Waals surface area contributed by atoms with Crippen LogP contribution in [-0.2, 0) is 9.53 Å². The van der Waals surface area contributed by atoms with Gasteiger partial charge in [-0.15, -0.1) is 0 Å². The second-order valence-electron chi connectivity index (χ2n) is 5.43. The van der Waals surface area contributed by atoms with Crippen molar-refractivity contribution < 1.29 is 23.8 Å². The van der Waals surface area contributed by atoms with E-state index in [2.05, 4.69) is 5.32 Å². The van der Waals surface area contributed by atoms with E-state index < -0.39 is 12.0 Å². The summed E-state index contributed by atoms with van der Waals surface area (Å²) in [5, 5.41) is 2.70. The van der Waals surface area contributed by atoms with E-state index in [0.29, 0.717) is 30.3 Å². The van der Waals surface area contributed by atoms with Gasteiger partial charge in [0.25, 0.3) is 5.91 Å². The number of ether oxygens (including phenoxy) is 3. The van der Waals surface area contributed by atoms with Crippen LogP contribution >= 0.6 is 0 Å². The highest BCUT2D eigenvalue weighted by molar-refractivity contribution is 5.97. The molecule has 1 amide bonds. The Bertz CT molecular complexity index is 555. The topological polar surface area (TPSA) is 73.9 Å². The van der Waals surface area contributed by atoms with E-state index in [4.69, 9.17) is 14.2 Å². The minimum absolute atomic E-state index is 0.0724. The molecule has 0 aromatic heterocycles. The molecule has 0 spiro atoms. The molecule has 1 aliphatic rings. The van der Waals surface area contributed by atoms with E-state index in [9.17, 15) is 9.59 Å². The van der Waals surface area contributed by atoms with E-state index in [0.717, 1.165) is 6.42 Å². The first-order valence-electron chi connectivity index (χ1n) is 7.31. The molecule has 0 saturated heterocycles. The number of hydrogen-bond acceptors (Lipinski definition) is 5. The standard InChI is InChI=1S/C16H21NO5/c1-10(2)14(16(19)20-3)17-15(18)11-5-6-12-13(9-11)22-8-4-7-21-12/h5-6,9-10,14H,4,7-8H2,1-3H3,(H,17,18)/t14-/m0/s1. The number of rotatable bonds is 4. The Balaban J connectivity index is 2.15. The average Bonchev–Trinajstić information content (AvgIpc) is 2.75. The minimum Gasteiger partial charge on any atom is -0.490 e. The SMILES string of the molecule is COC(=O)[C@@H](NC(=O)c1ccc2c(c1)OCCCO2)C(C)C. The molecule has 22 heavy (non-hydrogen) atoms. The van der Waals surface area contributed by atoms with Crippen LogP contribution in [0.4, 0.5) is 0 Å². The number of carbonyl (C=O) groups excluding carboxylic acids is 2. The van der Waals surface area contributed by atoms with Crippen molar-refractivity contribution in [3.63, 3.8) is 0 Å². The Morgan fingerprint density at radius 1 is 1.18 bits per heavy atom. The third-order valence-electron chi connectivity index (χ3n) is 3.42. The number of benzene rings is 1. The van der Waals surface area contributed by atoms with Crippen molar-refractivity contribution >= 4 is 11.9 Å². The maximum absolute atomic E-state index is 12.3. The van der Waals surface area contributed by atoms with Crippen molar-refractivity contribution in [2.75, 3.05) is 20.3 Å². The molecule has 0 radical (unpaired) electrons. The van der Waals surface area contributed by atoms with Crippen LogP contribution in [0.1, 0.15) is 30.6 Å². The molecule has 1 N–H and O–H groups in total. The fourth-order valence-corrected chi connectivity index (χ4v) is 2.15. The smallest absolute Gasteiger partial charge is 0.328 e. The molecular formula is C16H21NO5. The third-order valence-corrected chi connectivity index (χ3v) is 3.42. The maximum Gasteiger partial charge on any atom is 0.328 e. The van der Waals surface area contributed by atoms with Gasteiger partial charge in [-0.05, 0) is 24.1 Å². The van der Waals surface area contributed by atoms with Crippen molar-refractivity contribution in [3.05, 3.63) is 23.8 Å². The van der Waals surface area contributed by atoms with Crippen molar-refractivity contribution in [3.8, 4) is 11.5 Å². The van der Waals surface area contributed by atoms with E-state index in [1.807, 2.05) is 13.8 Å². The van der Waals surface area contributed by atoms with Crippen LogP contribution < -0.4 is 14.8 Å². The Morgan fingerprint density at radius 2 is 1.86 bits per heavy atom. The molecule has 1 heterocycles. The van der Waals surface area contributed by atoms with Gasteiger partial charge in [0.05, 0.1) is 20.3 Å². The van der Waals surface area contributed by atoms with Gasteiger partial charge < -0.3 is 19.5 Å². The highest BCUT2D eigenvalue weighted by Crippen LogP contribution is 2.30. The van der Waals surface area contributed by atoms with Crippen molar-refractivity contribution in [1.29, 1.82) is 0 Å². The fraction of sp³-hybridized carbons (Fsp3) is 0.500. The van der Waals surface area contributed by atoms with E-state index >= 15 is 0 Å². The lowest BCUT2D eigenvalue weighted by Gasteiger charge is -2.20. The quantitative estimate of drug-likeness (QED) is 0.858. The molecule has 1 aliphatic heterocycles. The molecule has 0 saturated carbocycles.